The van der Waals surface area contributed by atoms with Gasteiger partial charge in [0.2, 0.25) is 5.91 Å². The predicted octanol–water partition coefficient (Wildman–Crippen LogP) is 3.00. The summed E-state index contributed by atoms with van der Waals surface area (Å²) in [5, 5.41) is 0. The first-order valence-electron chi connectivity index (χ1n) is 10.4. The lowest BCUT2D eigenvalue weighted by molar-refractivity contribution is -0.168. The summed E-state index contributed by atoms with van der Waals surface area (Å²) in [4.78, 5) is 30.0. The Bertz CT molecular complexity index is 933. The minimum absolute atomic E-state index is 0.0464. The van der Waals surface area contributed by atoms with Gasteiger partial charge in [0.1, 0.15) is 5.82 Å². The maximum Gasteiger partial charge on any atom is 0.257 e. The molecule has 0 saturated carbocycles. The van der Waals surface area contributed by atoms with Crippen molar-refractivity contribution in [1.29, 1.82) is 0 Å². The summed E-state index contributed by atoms with van der Waals surface area (Å²) in [6, 6.07) is 16.0. The summed E-state index contributed by atoms with van der Waals surface area (Å²) in [5.74, 6) is -0.694. The summed E-state index contributed by atoms with van der Waals surface area (Å²) in [6.07, 6.45) is 0.103. The molecule has 0 aromatic heterocycles. The number of morpholine rings is 1. The first kappa shape index (κ1) is 20.5. The summed E-state index contributed by atoms with van der Waals surface area (Å²) < 4.78 is 19.7. The van der Waals surface area contributed by atoms with Crippen LogP contribution in [0.3, 0.4) is 0 Å². The second kappa shape index (κ2) is 8.19. The van der Waals surface area contributed by atoms with Crippen molar-refractivity contribution in [1.82, 2.24) is 9.80 Å². The fourth-order valence-corrected chi connectivity index (χ4v) is 4.56. The largest absolute Gasteiger partial charge is 0.361 e. The van der Waals surface area contributed by atoms with Crippen LogP contribution in [0.25, 0.3) is 0 Å². The number of hydrogen-bond donors (Lipinski definition) is 0. The van der Waals surface area contributed by atoms with Crippen LogP contribution in [0, 0.1) is 5.82 Å². The summed E-state index contributed by atoms with van der Waals surface area (Å²) >= 11 is 0. The van der Waals surface area contributed by atoms with Crippen LogP contribution in [0.2, 0.25) is 0 Å². The van der Waals surface area contributed by atoms with Crippen molar-refractivity contribution in [3.05, 3.63) is 71.5 Å². The molecule has 2 aliphatic rings. The van der Waals surface area contributed by atoms with Gasteiger partial charge in [0.25, 0.3) is 5.91 Å². The molecule has 30 heavy (non-hydrogen) atoms. The molecule has 2 aromatic carbocycles. The van der Waals surface area contributed by atoms with Gasteiger partial charge in [-0.2, -0.15) is 0 Å². The van der Waals surface area contributed by atoms with E-state index in [1.54, 1.807) is 17.0 Å². The molecule has 2 aliphatic heterocycles. The molecule has 2 amide bonds. The third-order valence-electron chi connectivity index (χ3n) is 6.13. The number of ether oxygens (including phenoxy) is 1. The average Bonchev–Trinajstić information content (AvgIpc) is 3.01. The summed E-state index contributed by atoms with van der Waals surface area (Å²) in [5.41, 5.74) is 0.580. The molecular formula is C24H27FN2O3. The lowest BCUT2D eigenvalue weighted by Crippen LogP contribution is -2.60. The molecule has 6 heteroatoms. The molecule has 5 nitrogen and oxygen atoms in total. The summed E-state index contributed by atoms with van der Waals surface area (Å²) in [6.45, 7) is 5.49. The van der Waals surface area contributed by atoms with E-state index in [9.17, 15) is 14.0 Å². The van der Waals surface area contributed by atoms with Crippen LogP contribution in [0.5, 0.6) is 0 Å². The number of halogens is 1. The van der Waals surface area contributed by atoms with Gasteiger partial charge in [-0.05, 0) is 37.1 Å². The highest BCUT2D eigenvalue weighted by Crippen LogP contribution is 2.42. The van der Waals surface area contributed by atoms with Crippen LogP contribution in [0.1, 0.15) is 30.9 Å². The molecule has 4 rings (SSSR count). The van der Waals surface area contributed by atoms with Crippen molar-refractivity contribution in [2.75, 3.05) is 26.2 Å². The Morgan fingerprint density at radius 3 is 2.67 bits per heavy atom. The number of likely N-dealkylation sites (tertiary alicyclic amines) is 1. The van der Waals surface area contributed by atoms with E-state index in [2.05, 4.69) is 0 Å². The maximum atomic E-state index is 13.5. The van der Waals surface area contributed by atoms with Gasteiger partial charge in [0, 0.05) is 25.0 Å². The standard InChI is InChI=1S/C24H27FN2O3/c1-17(2)27-15-21(19-8-4-3-5-9-19)24(23(27)29)16-26(11-12-30-24)22(28)14-18-7-6-10-20(25)13-18/h3-10,13,17,21H,11-12,14-16H2,1-2H3/t21-,24-/m1/s1. The van der Waals surface area contributed by atoms with Crippen molar-refractivity contribution in [3.63, 3.8) is 0 Å². The Labute approximate surface area is 176 Å². The van der Waals surface area contributed by atoms with Gasteiger partial charge in [-0.1, -0.05) is 42.5 Å². The minimum atomic E-state index is -1.08. The molecule has 1 spiro atoms. The lowest BCUT2D eigenvalue weighted by Gasteiger charge is -2.42. The Morgan fingerprint density at radius 2 is 1.97 bits per heavy atom. The van der Waals surface area contributed by atoms with Gasteiger partial charge in [-0.25, -0.2) is 4.39 Å². The van der Waals surface area contributed by atoms with Gasteiger partial charge in [-0.15, -0.1) is 0 Å². The Morgan fingerprint density at radius 1 is 1.20 bits per heavy atom. The van der Waals surface area contributed by atoms with E-state index in [0.29, 0.717) is 25.3 Å². The highest BCUT2D eigenvalue weighted by molar-refractivity contribution is 5.91. The predicted molar refractivity (Wildman–Crippen MR) is 111 cm³/mol. The van der Waals surface area contributed by atoms with Crippen molar-refractivity contribution in [3.8, 4) is 0 Å². The van der Waals surface area contributed by atoms with Crippen LogP contribution >= 0.6 is 0 Å². The molecule has 0 N–H and O–H groups in total. The van der Waals surface area contributed by atoms with Gasteiger partial charge >= 0.3 is 0 Å². The van der Waals surface area contributed by atoms with Crippen LogP contribution in [-0.4, -0.2) is 59.5 Å². The molecule has 0 bridgehead atoms. The molecule has 2 fully saturated rings. The Hall–Kier alpha value is -2.73. The van der Waals surface area contributed by atoms with Crippen LogP contribution in [-0.2, 0) is 20.7 Å². The first-order valence-corrected chi connectivity index (χ1v) is 10.4. The minimum Gasteiger partial charge on any atom is -0.361 e. The number of rotatable bonds is 4. The van der Waals surface area contributed by atoms with Crippen LogP contribution in [0.4, 0.5) is 4.39 Å². The first-order chi connectivity index (χ1) is 14.4. The second-order valence-electron chi connectivity index (χ2n) is 8.37. The number of hydrogen-bond acceptors (Lipinski definition) is 3. The Balaban J connectivity index is 1.61. The highest BCUT2D eigenvalue weighted by Gasteiger charge is 2.58. The summed E-state index contributed by atoms with van der Waals surface area (Å²) in [7, 11) is 0. The van der Waals surface area contributed by atoms with E-state index in [-0.39, 0.29) is 42.6 Å². The molecule has 2 saturated heterocycles. The highest BCUT2D eigenvalue weighted by atomic mass is 19.1. The molecular weight excluding hydrogens is 383 g/mol. The third-order valence-corrected chi connectivity index (χ3v) is 6.13. The molecule has 2 heterocycles. The molecule has 2 atom stereocenters. The smallest absolute Gasteiger partial charge is 0.257 e. The van der Waals surface area contributed by atoms with E-state index in [1.807, 2.05) is 49.1 Å². The zero-order valence-electron chi connectivity index (χ0n) is 17.4. The quantitative estimate of drug-likeness (QED) is 0.779. The van der Waals surface area contributed by atoms with E-state index < -0.39 is 5.60 Å². The van der Waals surface area contributed by atoms with Crippen molar-refractivity contribution in [2.24, 2.45) is 0 Å². The third kappa shape index (κ3) is 3.72. The normalized spacial score (nSPS) is 24.1. The van der Waals surface area contributed by atoms with Gasteiger partial charge < -0.3 is 14.5 Å². The molecule has 158 valence electrons. The average molecular weight is 410 g/mol. The van der Waals surface area contributed by atoms with E-state index in [4.69, 9.17) is 4.74 Å². The fraction of sp³-hybridized carbons (Fsp3) is 0.417. The van der Waals surface area contributed by atoms with E-state index in [0.717, 1.165) is 5.56 Å². The fourth-order valence-electron chi connectivity index (χ4n) is 4.56. The molecule has 0 unspecified atom stereocenters. The van der Waals surface area contributed by atoms with Gasteiger partial charge in [-0.3, -0.25) is 9.59 Å². The van der Waals surface area contributed by atoms with E-state index in [1.165, 1.54) is 12.1 Å². The molecule has 0 radical (unpaired) electrons. The number of carbonyl (C=O) groups excluding carboxylic acids is 2. The lowest BCUT2D eigenvalue weighted by atomic mass is 9.83. The molecule has 0 aliphatic carbocycles. The van der Waals surface area contributed by atoms with Gasteiger partial charge in [0.15, 0.2) is 5.60 Å². The zero-order valence-corrected chi connectivity index (χ0v) is 17.4. The molecule has 2 aromatic rings. The maximum absolute atomic E-state index is 13.5. The number of amides is 2. The van der Waals surface area contributed by atoms with E-state index >= 15 is 0 Å². The van der Waals surface area contributed by atoms with Crippen molar-refractivity contribution < 1.29 is 18.7 Å². The second-order valence-corrected chi connectivity index (χ2v) is 8.37. The van der Waals surface area contributed by atoms with Crippen LogP contribution in [0.15, 0.2) is 54.6 Å². The zero-order chi connectivity index (χ0) is 21.3. The van der Waals surface area contributed by atoms with Crippen molar-refractivity contribution >= 4 is 11.8 Å². The van der Waals surface area contributed by atoms with Crippen LogP contribution < -0.4 is 0 Å². The van der Waals surface area contributed by atoms with Gasteiger partial charge in [0.05, 0.1) is 19.6 Å². The number of nitrogens with zero attached hydrogens (tertiary/aromatic N) is 2. The number of benzene rings is 2. The SMILES string of the molecule is CC(C)N1C[C@H](c2ccccc2)[C@]2(CN(C(=O)Cc3cccc(F)c3)CCO2)C1=O. The topological polar surface area (TPSA) is 49.9 Å². The monoisotopic (exact) mass is 410 g/mol. The van der Waals surface area contributed by atoms with Crippen molar-refractivity contribution in [2.45, 2.75) is 37.8 Å². The Kier molecular flexibility index (Phi) is 5.60. The number of carbonyl (C=O) groups is 2.